The zero-order chi connectivity index (χ0) is 15.7. The molecule has 1 aromatic rings. The van der Waals surface area contributed by atoms with Gasteiger partial charge in [-0.3, -0.25) is 18.9 Å². The van der Waals surface area contributed by atoms with E-state index in [0.717, 1.165) is 0 Å². The standard InChI is InChI=1S/C15H16N2O4S/c18-14(10-4-2-1-3-5-10)13-7-6-12-11(8-9-17(12)13)15(19)16-22(20)21/h1-5,7,11-12H,6,8-9H2,(H,16,19)(H,20,21). The topological polar surface area (TPSA) is 86.7 Å². The fraction of sp³-hybridized carbons (Fsp3) is 0.333. The van der Waals surface area contributed by atoms with Crippen LogP contribution in [0.1, 0.15) is 23.2 Å². The molecule has 3 atom stereocenters. The molecular weight excluding hydrogens is 304 g/mol. The van der Waals surface area contributed by atoms with Gasteiger partial charge < -0.3 is 4.90 Å². The van der Waals surface area contributed by atoms with Gasteiger partial charge in [0.25, 0.3) is 11.3 Å². The molecule has 2 aliphatic heterocycles. The summed E-state index contributed by atoms with van der Waals surface area (Å²) in [5, 5.41) is 0. The molecule has 6 nitrogen and oxygen atoms in total. The molecule has 1 amide bonds. The lowest BCUT2D eigenvalue weighted by atomic mass is 9.98. The number of allylic oxidation sites excluding steroid dienone is 1. The lowest BCUT2D eigenvalue weighted by Crippen LogP contribution is -2.38. The highest BCUT2D eigenvalue weighted by atomic mass is 32.2. The van der Waals surface area contributed by atoms with Gasteiger partial charge in [-0.15, -0.1) is 0 Å². The van der Waals surface area contributed by atoms with Crippen molar-refractivity contribution in [3.8, 4) is 0 Å². The van der Waals surface area contributed by atoms with Crippen molar-refractivity contribution >= 4 is 23.0 Å². The molecule has 0 spiro atoms. The first kappa shape index (κ1) is 14.9. The van der Waals surface area contributed by atoms with Gasteiger partial charge in [0.1, 0.15) is 0 Å². The summed E-state index contributed by atoms with van der Waals surface area (Å²) in [6.45, 7) is 0.602. The molecule has 22 heavy (non-hydrogen) atoms. The number of carbonyl (C=O) groups excluding carboxylic acids is 2. The number of rotatable bonds is 4. The van der Waals surface area contributed by atoms with E-state index < -0.39 is 17.2 Å². The number of hydrogen-bond donors (Lipinski definition) is 2. The van der Waals surface area contributed by atoms with Gasteiger partial charge in [-0.05, 0) is 12.8 Å². The lowest BCUT2D eigenvalue weighted by Gasteiger charge is -2.23. The summed E-state index contributed by atoms with van der Waals surface area (Å²) in [6.07, 6.45) is 3.03. The highest BCUT2D eigenvalue weighted by Crippen LogP contribution is 2.36. The SMILES string of the molecule is O=C(C1=CCC2C(C(=O)NS(=O)O)CCN12)c1ccccc1. The number of ketones is 1. The third-order valence-corrected chi connectivity index (χ3v) is 4.58. The first-order chi connectivity index (χ1) is 10.6. The van der Waals surface area contributed by atoms with Gasteiger partial charge >= 0.3 is 0 Å². The summed E-state index contributed by atoms with van der Waals surface area (Å²) in [5.41, 5.74) is 1.25. The van der Waals surface area contributed by atoms with Gasteiger partial charge in [0.05, 0.1) is 11.6 Å². The Morgan fingerprint density at radius 1 is 1.27 bits per heavy atom. The number of carbonyl (C=O) groups is 2. The fourth-order valence-electron chi connectivity index (χ4n) is 3.22. The Bertz CT molecular complexity index is 659. The van der Waals surface area contributed by atoms with E-state index in [2.05, 4.69) is 0 Å². The van der Waals surface area contributed by atoms with Crippen molar-refractivity contribution in [2.24, 2.45) is 5.92 Å². The van der Waals surface area contributed by atoms with E-state index >= 15 is 0 Å². The zero-order valence-electron chi connectivity index (χ0n) is 11.8. The molecule has 1 saturated heterocycles. The van der Waals surface area contributed by atoms with Crippen LogP contribution in [0, 0.1) is 5.92 Å². The third kappa shape index (κ3) is 2.69. The van der Waals surface area contributed by atoms with Gasteiger partial charge in [0.2, 0.25) is 11.7 Å². The van der Waals surface area contributed by atoms with Crippen molar-refractivity contribution in [3.05, 3.63) is 47.7 Å². The van der Waals surface area contributed by atoms with Crippen LogP contribution in [0.5, 0.6) is 0 Å². The average molecular weight is 320 g/mol. The van der Waals surface area contributed by atoms with Crippen molar-refractivity contribution in [2.45, 2.75) is 18.9 Å². The minimum Gasteiger partial charge on any atom is -0.364 e. The second-order valence-electron chi connectivity index (χ2n) is 5.39. The molecule has 0 bridgehead atoms. The molecule has 0 saturated carbocycles. The number of fused-ring (bicyclic) bond motifs is 1. The van der Waals surface area contributed by atoms with E-state index in [4.69, 9.17) is 4.55 Å². The molecule has 116 valence electrons. The van der Waals surface area contributed by atoms with Crippen molar-refractivity contribution < 1.29 is 18.4 Å². The van der Waals surface area contributed by atoms with Crippen molar-refractivity contribution in [3.63, 3.8) is 0 Å². The monoisotopic (exact) mass is 320 g/mol. The van der Waals surface area contributed by atoms with E-state index in [-0.39, 0.29) is 17.7 Å². The number of nitrogens with one attached hydrogen (secondary N) is 1. The van der Waals surface area contributed by atoms with Crippen LogP contribution in [-0.2, 0) is 16.1 Å². The second-order valence-corrected chi connectivity index (χ2v) is 6.09. The minimum atomic E-state index is -2.35. The largest absolute Gasteiger partial charge is 0.364 e. The first-order valence-electron chi connectivity index (χ1n) is 7.06. The Morgan fingerprint density at radius 2 is 2.00 bits per heavy atom. The molecule has 0 radical (unpaired) electrons. The average Bonchev–Trinajstić information content (AvgIpc) is 3.08. The number of hydrogen-bond acceptors (Lipinski definition) is 4. The zero-order valence-corrected chi connectivity index (χ0v) is 12.6. The number of benzene rings is 1. The molecule has 0 aromatic heterocycles. The van der Waals surface area contributed by atoms with E-state index in [1.165, 1.54) is 0 Å². The quantitative estimate of drug-likeness (QED) is 0.641. The van der Waals surface area contributed by atoms with Crippen molar-refractivity contribution in [1.82, 2.24) is 9.62 Å². The normalized spacial score (nSPS) is 24.6. The molecular formula is C15H16N2O4S. The van der Waals surface area contributed by atoms with Crippen molar-refractivity contribution in [1.29, 1.82) is 0 Å². The summed E-state index contributed by atoms with van der Waals surface area (Å²) in [6, 6.07) is 8.92. The number of amides is 1. The smallest absolute Gasteiger partial charge is 0.261 e. The van der Waals surface area contributed by atoms with Crippen LogP contribution in [0.3, 0.4) is 0 Å². The van der Waals surface area contributed by atoms with Crippen molar-refractivity contribution in [2.75, 3.05) is 6.54 Å². The molecule has 7 heteroatoms. The maximum Gasteiger partial charge on any atom is 0.261 e. The van der Waals surface area contributed by atoms with Gasteiger partial charge in [-0.1, -0.05) is 36.4 Å². The highest BCUT2D eigenvalue weighted by Gasteiger charge is 2.43. The Kier molecular flexibility index (Phi) is 4.08. The van der Waals surface area contributed by atoms with Crippen LogP contribution in [0.15, 0.2) is 42.1 Å². The molecule has 0 aliphatic carbocycles. The van der Waals surface area contributed by atoms with Crippen LogP contribution in [-0.4, -0.2) is 37.9 Å². The van der Waals surface area contributed by atoms with Crippen LogP contribution in [0.4, 0.5) is 0 Å². The Labute approximate surface area is 130 Å². The summed E-state index contributed by atoms with van der Waals surface area (Å²) < 4.78 is 21.5. The fourth-order valence-corrected chi connectivity index (χ4v) is 3.55. The maximum absolute atomic E-state index is 12.5. The third-order valence-electron chi connectivity index (χ3n) is 4.20. The van der Waals surface area contributed by atoms with Gasteiger partial charge in [-0.25, -0.2) is 4.21 Å². The van der Waals surface area contributed by atoms with E-state index in [1.807, 2.05) is 33.9 Å². The van der Waals surface area contributed by atoms with Crippen LogP contribution < -0.4 is 4.72 Å². The molecule has 2 heterocycles. The lowest BCUT2D eigenvalue weighted by molar-refractivity contribution is -0.123. The first-order valence-corrected chi connectivity index (χ1v) is 8.16. The Morgan fingerprint density at radius 3 is 2.68 bits per heavy atom. The van der Waals surface area contributed by atoms with Crippen LogP contribution in [0.25, 0.3) is 0 Å². The summed E-state index contributed by atoms with van der Waals surface area (Å²) in [4.78, 5) is 26.4. The molecule has 1 aromatic carbocycles. The van der Waals surface area contributed by atoms with E-state index in [9.17, 15) is 13.8 Å². The van der Waals surface area contributed by atoms with Crippen LogP contribution >= 0.6 is 0 Å². The second kappa shape index (κ2) is 6.02. The molecule has 2 N–H and O–H groups in total. The Balaban J connectivity index is 1.74. The highest BCUT2D eigenvalue weighted by molar-refractivity contribution is 7.77. The van der Waals surface area contributed by atoms with Gasteiger partial charge in [0.15, 0.2) is 0 Å². The predicted molar refractivity (Wildman–Crippen MR) is 81.0 cm³/mol. The predicted octanol–water partition coefficient (Wildman–Crippen LogP) is 1.10. The Hall–Kier alpha value is -1.99. The number of nitrogens with zero attached hydrogens (tertiary/aromatic N) is 1. The van der Waals surface area contributed by atoms with E-state index in [0.29, 0.717) is 30.6 Å². The molecule has 3 unspecified atom stereocenters. The van der Waals surface area contributed by atoms with Gasteiger partial charge in [-0.2, -0.15) is 0 Å². The molecule has 3 rings (SSSR count). The van der Waals surface area contributed by atoms with Crippen LogP contribution in [0.2, 0.25) is 0 Å². The molecule has 1 fully saturated rings. The summed E-state index contributed by atoms with van der Waals surface area (Å²) in [7, 11) is 0. The summed E-state index contributed by atoms with van der Waals surface area (Å²) >= 11 is -2.35. The minimum absolute atomic E-state index is 0.0464. The van der Waals surface area contributed by atoms with Gasteiger partial charge in [0, 0.05) is 18.2 Å². The maximum atomic E-state index is 12.5. The van der Waals surface area contributed by atoms with E-state index in [1.54, 1.807) is 12.1 Å². The number of Topliss-reactive ketones (excluding diaryl/α,β-unsaturated/α-hetero) is 1. The molecule has 2 aliphatic rings. The summed E-state index contributed by atoms with van der Waals surface area (Å²) in [5.74, 6) is -0.849.